The summed E-state index contributed by atoms with van der Waals surface area (Å²) in [5, 5.41) is 6.46. The predicted octanol–water partition coefficient (Wildman–Crippen LogP) is 1.96. The van der Waals surface area contributed by atoms with Crippen LogP contribution in [0.3, 0.4) is 0 Å². The summed E-state index contributed by atoms with van der Waals surface area (Å²) >= 11 is 0. The van der Waals surface area contributed by atoms with Crippen molar-refractivity contribution >= 4 is 5.91 Å². The quantitative estimate of drug-likeness (QED) is 0.873. The number of amides is 1. The largest absolute Gasteiger partial charge is 0.351 e. The highest BCUT2D eigenvalue weighted by molar-refractivity contribution is 5.91. The zero-order valence-corrected chi connectivity index (χ0v) is 9.64. The average molecular weight is 230 g/mol. The SMILES string of the molecule is Cc1cc(C(=O)NCCc2ccccc2)on1. The number of rotatable bonds is 4. The number of benzene rings is 1. The highest BCUT2D eigenvalue weighted by Gasteiger charge is 2.10. The van der Waals surface area contributed by atoms with Gasteiger partial charge in [0.1, 0.15) is 0 Å². The standard InChI is InChI=1S/C13H14N2O2/c1-10-9-12(17-15-10)13(16)14-8-7-11-5-3-2-4-6-11/h2-6,9H,7-8H2,1H3,(H,14,16). The molecule has 0 atom stereocenters. The fraction of sp³-hybridized carbons (Fsp3) is 0.231. The Morgan fingerprint density at radius 1 is 1.35 bits per heavy atom. The van der Waals surface area contributed by atoms with Gasteiger partial charge in [-0.15, -0.1) is 0 Å². The van der Waals surface area contributed by atoms with E-state index in [2.05, 4.69) is 10.5 Å². The van der Waals surface area contributed by atoms with Crippen molar-refractivity contribution in [3.63, 3.8) is 0 Å². The monoisotopic (exact) mass is 230 g/mol. The zero-order chi connectivity index (χ0) is 12.1. The third kappa shape index (κ3) is 3.17. The van der Waals surface area contributed by atoms with Crippen LogP contribution in [0.2, 0.25) is 0 Å². The first-order chi connectivity index (χ1) is 8.25. The maximum absolute atomic E-state index is 11.6. The molecule has 0 aliphatic carbocycles. The van der Waals surface area contributed by atoms with Gasteiger partial charge in [0, 0.05) is 12.6 Å². The van der Waals surface area contributed by atoms with Gasteiger partial charge >= 0.3 is 0 Å². The van der Waals surface area contributed by atoms with E-state index >= 15 is 0 Å². The van der Waals surface area contributed by atoms with Crippen LogP contribution in [-0.4, -0.2) is 17.6 Å². The lowest BCUT2D eigenvalue weighted by molar-refractivity contribution is 0.0917. The lowest BCUT2D eigenvalue weighted by Gasteiger charge is -2.02. The fourth-order valence-corrected chi connectivity index (χ4v) is 1.52. The van der Waals surface area contributed by atoms with Gasteiger partial charge in [-0.2, -0.15) is 0 Å². The molecule has 17 heavy (non-hydrogen) atoms. The lowest BCUT2D eigenvalue weighted by Crippen LogP contribution is -2.25. The third-order valence-electron chi connectivity index (χ3n) is 2.39. The average Bonchev–Trinajstić information content (AvgIpc) is 2.77. The summed E-state index contributed by atoms with van der Waals surface area (Å²) in [6.07, 6.45) is 0.805. The highest BCUT2D eigenvalue weighted by atomic mass is 16.5. The minimum absolute atomic E-state index is 0.221. The van der Waals surface area contributed by atoms with Crippen LogP contribution < -0.4 is 5.32 Å². The van der Waals surface area contributed by atoms with Crippen LogP contribution in [0, 0.1) is 6.92 Å². The van der Waals surface area contributed by atoms with Crippen molar-refractivity contribution in [1.82, 2.24) is 10.5 Å². The second kappa shape index (κ2) is 5.30. The Kier molecular flexibility index (Phi) is 3.55. The molecule has 0 fully saturated rings. The second-order valence-corrected chi connectivity index (χ2v) is 3.82. The Bertz CT molecular complexity index is 491. The summed E-state index contributed by atoms with van der Waals surface area (Å²) in [6, 6.07) is 11.6. The highest BCUT2D eigenvalue weighted by Crippen LogP contribution is 2.02. The molecule has 1 N–H and O–H groups in total. The van der Waals surface area contributed by atoms with E-state index in [0.717, 1.165) is 6.42 Å². The first-order valence-electron chi connectivity index (χ1n) is 5.51. The van der Waals surface area contributed by atoms with Gasteiger partial charge in [-0.25, -0.2) is 0 Å². The molecular weight excluding hydrogens is 216 g/mol. The molecule has 0 unspecified atom stereocenters. The van der Waals surface area contributed by atoms with E-state index in [1.54, 1.807) is 13.0 Å². The molecule has 1 aromatic carbocycles. The molecule has 1 aromatic heterocycles. The molecule has 0 aliphatic heterocycles. The molecule has 0 aliphatic rings. The summed E-state index contributed by atoms with van der Waals surface area (Å²) < 4.78 is 4.87. The molecule has 1 amide bonds. The van der Waals surface area contributed by atoms with Gasteiger partial charge in [-0.3, -0.25) is 4.79 Å². The van der Waals surface area contributed by atoms with Crippen molar-refractivity contribution in [2.75, 3.05) is 6.54 Å². The van der Waals surface area contributed by atoms with Crippen LogP contribution in [0.25, 0.3) is 0 Å². The van der Waals surface area contributed by atoms with E-state index in [9.17, 15) is 4.79 Å². The second-order valence-electron chi connectivity index (χ2n) is 3.82. The van der Waals surface area contributed by atoms with Gasteiger partial charge in [0.25, 0.3) is 5.91 Å². The molecule has 0 spiro atoms. The molecule has 0 saturated carbocycles. The number of carbonyl (C=O) groups is 1. The van der Waals surface area contributed by atoms with E-state index in [0.29, 0.717) is 12.2 Å². The summed E-state index contributed by atoms with van der Waals surface area (Å²) in [7, 11) is 0. The molecule has 2 aromatic rings. The summed E-state index contributed by atoms with van der Waals surface area (Å²) in [6.45, 7) is 2.37. The van der Waals surface area contributed by atoms with E-state index in [4.69, 9.17) is 4.52 Å². The minimum Gasteiger partial charge on any atom is -0.351 e. The first kappa shape index (κ1) is 11.4. The molecule has 0 saturated heterocycles. The minimum atomic E-state index is -0.221. The van der Waals surface area contributed by atoms with Crippen LogP contribution in [0.5, 0.6) is 0 Å². The molecule has 4 nitrogen and oxygen atoms in total. The maximum Gasteiger partial charge on any atom is 0.289 e. The summed E-state index contributed by atoms with van der Waals surface area (Å²) in [4.78, 5) is 11.6. The van der Waals surface area contributed by atoms with Crippen molar-refractivity contribution in [2.24, 2.45) is 0 Å². The Labute approximate surface area is 99.6 Å². The van der Waals surface area contributed by atoms with Gasteiger partial charge in [-0.05, 0) is 18.9 Å². The first-order valence-corrected chi connectivity index (χ1v) is 5.51. The van der Waals surface area contributed by atoms with Crippen LogP contribution in [0.1, 0.15) is 21.8 Å². The molecule has 4 heteroatoms. The van der Waals surface area contributed by atoms with Crippen molar-refractivity contribution in [3.05, 3.63) is 53.4 Å². The topological polar surface area (TPSA) is 55.1 Å². The smallest absolute Gasteiger partial charge is 0.289 e. The number of aromatic nitrogens is 1. The van der Waals surface area contributed by atoms with Crippen molar-refractivity contribution in [2.45, 2.75) is 13.3 Å². The molecule has 0 radical (unpaired) electrons. The number of nitrogens with one attached hydrogen (secondary N) is 1. The Morgan fingerprint density at radius 3 is 2.76 bits per heavy atom. The van der Waals surface area contributed by atoms with Gasteiger partial charge in [0.15, 0.2) is 0 Å². The normalized spacial score (nSPS) is 10.2. The van der Waals surface area contributed by atoms with E-state index in [1.165, 1.54) is 5.56 Å². The van der Waals surface area contributed by atoms with Crippen LogP contribution in [0.4, 0.5) is 0 Å². The Hall–Kier alpha value is -2.10. The number of hydrogen-bond donors (Lipinski definition) is 1. The predicted molar refractivity (Wildman–Crippen MR) is 63.7 cm³/mol. The molecule has 0 bridgehead atoms. The molecule has 88 valence electrons. The number of hydrogen-bond acceptors (Lipinski definition) is 3. The van der Waals surface area contributed by atoms with Crippen LogP contribution >= 0.6 is 0 Å². The van der Waals surface area contributed by atoms with E-state index in [-0.39, 0.29) is 11.7 Å². The lowest BCUT2D eigenvalue weighted by atomic mass is 10.1. The number of aryl methyl sites for hydroxylation is 1. The zero-order valence-electron chi connectivity index (χ0n) is 9.64. The van der Waals surface area contributed by atoms with E-state index in [1.807, 2.05) is 30.3 Å². The molecule has 2 rings (SSSR count). The van der Waals surface area contributed by atoms with E-state index < -0.39 is 0 Å². The molecule has 1 heterocycles. The van der Waals surface area contributed by atoms with Gasteiger partial charge < -0.3 is 9.84 Å². The fourth-order valence-electron chi connectivity index (χ4n) is 1.52. The number of carbonyl (C=O) groups excluding carboxylic acids is 1. The Balaban J connectivity index is 1.81. The summed E-state index contributed by atoms with van der Waals surface area (Å²) in [5.41, 5.74) is 1.90. The van der Waals surface area contributed by atoms with Crippen LogP contribution in [-0.2, 0) is 6.42 Å². The van der Waals surface area contributed by atoms with Gasteiger partial charge in [0.2, 0.25) is 5.76 Å². The molecular formula is C13H14N2O2. The van der Waals surface area contributed by atoms with Gasteiger partial charge in [0.05, 0.1) is 5.69 Å². The van der Waals surface area contributed by atoms with Crippen LogP contribution in [0.15, 0.2) is 40.9 Å². The maximum atomic E-state index is 11.6. The summed E-state index contributed by atoms with van der Waals surface area (Å²) in [5.74, 6) is 0.0390. The van der Waals surface area contributed by atoms with Gasteiger partial charge in [-0.1, -0.05) is 35.5 Å². The van der Waals surface area contributed by atoms with Crippen molar-refractivity contribution < 1.29 is 9.32 Å². The third-order valence-corrected chi connectivity index (χ3v) is 2.39. The van der Waals surface area contributed by atoms with Crippen molar-refractivity contribution in [1.29, 1.82) is 0 Å². The number of nitrogens with zero attached hydrogens (tertiary/aromatic N) is 1. The Morgan fingerprint density at radius 2 is 2.12 bits per heavy atom. The van der Waals surface area contributed by atoms with Crippen molar-refractivity contribution in [3.8, 4) is 0 Å².